The number of rotatable bonds is 6. The summed E-state index contributed by atoms with van der Waals surface area (Å²) in [7, 11) is 0. The fraction of sp³-hybridized carbons (Fsp3) is 0.111. The number of hydrogen-bond donors (Lipinski definition) is 2. The van der Waals surface area contributed by atoms with Crippen molar-refractivity contribution in [3.05, 3.63) is 84.1 Å². The molecule has 120 valence electrons. The Balaban J connectivity index is 2.31. The van der Waals surface area contributed by atoms with Crippen LogP contribution in [0, 0.1) is 11.6 Å². The van der Waals surface area contributed by atoms with E-state index in [-0.39, 0.29) is 18.2 Å². The first kappa shape index (κ1) is 16.7. The van der Waals surface area contributed by atoms with Gasteiger partial charge < -0.3 is 10.3 Å². The highest BCUT2D eigenvalue weighted by Gasteiger charge is 2.13. The van der Waals surface area contributed by atoms with Crippen molar-refractivity contribution < 1.29 is 8.78 Å². The van der Waals surface area contributed by atoms with Crippen LogP contribution in [0.15, 0.2) is 61.3 Å². The molecule has 0 radical (unpaired) electrons. The lowest BCUT2D eigenvalue weighted by Gasteiger charge is -2.25. The molecule has 5 heteroatoms. The Kier molecular flexibility index (Phi) is 5.13. The second-order valence-electron chi connectivity index (χ2n) is 5.23. The van der Waals surface area contributed by atoms with Crippen LogP contribution in [0.2, 0.25) is 0 Å². The summed E-state index contributed by atoms with van der Waals surface area (Å²) < 4.78 is 27.8. The van der Waals surface area contributed by atoms with Crippen LogP contribution >= 0.6 is 0 Å². The summed E-state index contributed by atoms with van der Waals surface area (Å²) in [6.07, 6.45) is 0. The van der Waals surface area contributed by atoms with Crippen molar-refractivity contribution in [3.8, 4) is 0 Å². The van der Waals surface area contributed by atoms with Crippen molar-refractivity contribution in [1.29, 1.82) is 0 Å². The van der Waals surface area contributed by atoms with Gasteiger partial charge in [0.1, 0.15) is 11.6 Å². The molecule has 0 bridgehead atoms. The number of hydrogen-bond acceptors (Lipinski definition) is 3. The van der Waals surface area contributed by atoms with E-state index < -0.39 is 0 Å². The number of allylic oxidation sites excluding steroid dienone is 1. The molecule has 0 aliphatic rings. The minimum Gasteiger partial charge on any atom is -0.341 e. The van der Waals surface area contributed by atoms with Gasteiger partial charge in [0.15, 0.2) is 0 Å². The highest BCUT2D eigenvalue weighted by molar-refractivity contribution is 5.61. The molecule has 0 atom stereocenters. The van der Waals surface area contributed by atoms with Gasteiger partial charge >= 0.3 is 0 Å². The molecular formula is C18H19F2N3. The molecule has 0 aliphatic carbocycles. The van der Waals surface area contributed by atoms with E-state index in [0.717, 1.165) is 0 Å². The Morgan fingerprint density at radius 3 is 2.48 bits per heavy atom. The van der Waals surface area contributed by atoms with Crippen LogP contribution in [0.4, 0.5) is 14.5 Å². The lowest BCUT2D eigenvalue weighted by atomic mass is 10.1. The largest absolute Gasteiger partial charge is 0.341 e. The number of benzene rings is 2. The first-order valence-corrected chi connectivity index (χ1v) is 7.05. The third-order valence-corrected chi connectivity index (χ3v) is 3.48. The maximum Gasteiger partial charge on any atom is 0.128 e. The van der Waals surface area contributed by atoms with Gasteiger partial charge in [-0.2, -0.15) is 0 Å². The molecule has 0 heterocycles. The molecule has 0 saturated carbocycles. The van der Waals surface area contributed by atoms with Gasteiger partial charge in [-0.3, -0.25) is 5.84 Å². The summed E-state index contributed by atoms with van der Waals surface area (Å²) in [5.74, 6) is 4.54. The fourth-order valence-electron chi connectivity index (χ4n) is 2.21. The highest BCUT2D eigenvalue weighted by Crippen LogP contribution is 2.24. The SMILES string of the molecule is C=C(NN)c1ccc(CN(C(=C)C)c2cccc(F)c2)c(F)c1. The molecule has 2 rings (SSSR count). The van der Waals surface area contributed by atoms with E-state index in [1.807, 2.05) is 0 Å². The fourth-order valence-corrected chi connectivity index (χ4v) is 2.21. The van der Waals surface area contributed by atoms with Gasteiger partial charge in [0.05, 0.1) is 6.54 Å². The molecule has 23 heavy (non-hydrogen) atoms. The minimum atomic E-state index is -0.387. The molecule has 0 fully saturated rings. The molecule has 0 saturated heterocycles. The van der Waals surface area contributed by atoms with Crippen LogP contribution in [0.1, 0.15) is 18.1 Å². The van der Waals surface area contributed by atoms with Gasteiger partial charge in [0.25, 0.3) is 0 Å². The zero-order valence-corrected chi connectivity index (χ0v) is 12.9. The molecule has 0 spiro atoms. The van der Waals surface area contributed by atoms with Crippen LogP contribution in [0.3, 0.4) is 0 Å². The summed E-state index contributed by atoms with van der Waals surface area (Å²) in [6, 6.07) is 10.9. The molecule has 0 aliphatic heterocycles. The van der Waals surface area contributed by atoms with Crippen LogP contribution in [-0.2, 0) is 6.54 Å². The minimum absolute atomic E-state index is 0.243. The molecule has 3 N–H and O–H groups in total. The average molecular weight is 315 g/mol. The van der Waals surface area contributed by atoms with Crippen LogP contribution in [-0.4, -0.2) is 0 Å². The standard InChI is InChI=1S/C18H19F2N3/c1-12(2)23(17-6-4-5-16(19)10-17)11-15-8-7-14(9-18(15)20)13(3)22-21/h4-10,22H,1,3,11,21H2,2H3. The second kappa shape index (κ2) is 7.07. The van der Waals surface area contributed by atoms with Gasteiger partial charge in [0.2, 0.25) is 0 Å². The van der Waals surface area contributed by atoms with Gasteiger partial charge in [-0.15, -0.1) is 0 Å². The summed E-state index contributed by atoms with van der Waals surface area (Å²) in [5, 5.41) is 0. The van der Waals surface area contributed by atoms with E-state index in [0.29, 0.717) is 28.2 Å². The number of nitrogens with zero attached hydrogens (tertiary/aromatic N) is 1. The Morgan fingerprint density at radius 2 is 1.91 bits per heavy atom. The maximum atomic E-state index is 14.3. The quantitative estimate of drug-likeness (QED) is 0.627. The van der Waals surface area contributed by atoms with Gasteiger partial charge in [-0.25, -0.2) is 8.78 Å². The van der Waals surface area contributed by atoms with Crippen molar-refractivity contribution in [3.63, 3.8) is 0 Å². The number of nitrogens with two attached hydrogens (primary N) is 1. The summed E-state index contributed by atoms with van der Waals surface area (Å²) >= 11 is 0. The van der Waals surface area contributed by atoms with Gasteiger partial charge in [0, 0.05) is 28.2 Å². The summed E-state index contributed by atoms with van der Waals surface area (Å²) in [5.41, 5.74) is 5.16. The lowest BCUT2D eigenvalue weighted by Crippen LogP contribution is -2.21. The molecular weight excluding hydrogens is 296 g/mol. The third-order valence-electron chi connectivity index (χ3n) is 3.48. The molecule has 0 amide bonds. The zero-order valence-electron chi connectivity index (χ0n) is 12.9. The molecule has 2 aromatic rings. The normalized spacial score (nSPS) is 10.3. The van der Waals surface area contributed by atoms with Crippen molar-refractivity contribution >= 4 is 11.4 Å². The monoisotopic (exact) mass is 315 g/mol. The summed E-state index contributed by atoms with van der Waals surface area (Å²) in [6.45, 7) is 9.61. The van der Waals surface area contributed by atoms with E-state index in [1.165, 1.54) is 18.2 Å². The Bertz CT molecular complexity index is 741. The number of halogens is 2. The number of nitrogens with one attached hydrogen (secondary N) is 1. The van der Waals surface area contributed by atoms with Crippen LogP contribution in [0.5, 0.6) is 0 Å². The van der Waals surface area contributed by atoms with E-state index >= 15 is 0 Å². The van der Waals surface area contributed by atoms with E-state index in [2.05, 4.69) is 18.6 Å². The van der Waals surface area contributed by atoms with Crippen LogP contribution < -0.4 is 16.2 Å². The predicted octanol–water partition coefficient (Wildman–Crippen LogP) is 3.94. The number of hydrazine groups is 1. The van der Waals surface area contributed by atoms with Crippen molar-refractivity contribution in [2.45, 2.75) is 13.5 Å². The molecule has 0 unspecified atom stereocenters. The van der Waals surface area contributed by atoms with Gasteiger partial charge in [-0.1, -0.05) is 31.4 Å². The average Bonchev–Trinajstić information content (AvgIpc) is 2.52. The van der Waals surface area contributed by atoms with E-state index in [4.69, 9.17) is 5.84 Å². The van der Waals surface area contributed by atoms with Crippen molar-refractivity contribution in [2.24, 2.45) is 5.84 Å². The van der Waals surface area contributed by atoms with Crippen molar-refractivity contribution in [2.75, 3.05) is 4.90 Å². The first-order chi connectivity index (χ1) is 10.9. The lowest BCUT2D eigenvalue weighted by molar-refractivity contribution is 0.606. The van der Waals surface area contributed by atoms with E-state index in [9.17, 15) is 8.78 Å². The topological polar surface area (TPSA) is 41.3 Å². The second-order valence-corrected chi connectivity index (χ2v) is 5.23. The third kappa shape index (κ3) is 3.96. The molecule has 0 aromatic heterocycles. The Morgan fingerprint density at radius 1 is 1.17 bits per heavy atom. The smallest absolute Gasteiger partial charge is 0.128 e. The number of anilines is 1. The van der Waals surface area contributed by atoms with Crippen LogP contribution in [0.25, 0.3) is 5.70 Å². The Labute approximate surface area is 134 Å². The molecule has 2 aromatic carbocycles. The van der Waals surface area contributed by atoms with Crippen molar-refractivity contribution in [1.82, 2.24) is 5.43 Å². The molecule has 3 nitrogen and oxygen atoms in total. The Hall–Kier alpha value is -2.66. The zero-order chi connectivity index (χ0) is 17.0. The predicted molar refractivity (Wildman–Crippen MR) is 90.2 cm³/mol. The summed E-state index contributed by atoms with van der Waals surface area (Å²) in [4.78, 5) is 1.75. The van der Waals surface area contributed by atoms with E-state index in [1.54, 1.807) is 36.1 Å². The maximum absolute atomic E-state index is 14.3. The first-order valence-electron chi connectivity index (χ1n) is 7.05. The van der Waals surface area contributed by atoms with Gasteiger partial charge in [-0.05, 0) is 31.2 Å². The highest BCUT2D eigenvalue weighted by atomic mass is 19.1.